The minimum atomic E-state index is -1.26. The van der Waals surface area contributed by atoms with Gasteiger partial charge in [0.1, 0.15) is 30.0 Å². The van der Waals surface area contributed by atoms with E-state index in [1.165, 1.54) is 17.1 Å². The predicted molar refractivity (Wildman–Crippen MR) is 72.1 cm³/mol. The number of anilines is 1. The number of carbonyl (C=O) groups is 1. The molecule has 3 rings (SSSR count). The SMILES string of the molecule is NC(=O)c1cn([C@H]2C[C@@H](O)[C@H](O)[C@@H]2O)c2ncnc(N)c12. The molecule has 2 aromatic rings. The van der Waals surface area contributed by atoms with Gasteiger partial charge in [-0.2, -0.15) is 0 Å². The van der Waals surface area contributed by atoms with E-state index in [2.05, 4.69) is 9.97 Å². The molecule has 0 aliphatic heterocycles. The number of aliphatic hydroxyl groups excluding tert-OH is 3. The number of nitrogens with zero attached hydrogens (tertiary/aromatic N) is 3. The minimum absolute atomic E-state index is 0.0983. The van der Waals surface area contributed by atoms with Crippen LogP contribution in [0.1, 0.15) is 22.8 Å². The third-order valence-corrected chi connectivity index (χ3v) is 3.88. The standard InChI is InChI=1S/C12H15N5O4/c13-10-7-4(11(14)21)2-17(12(7)16-3-15-10)5-1-6(18)9(20)8(5)19/h2-3,5-6,8-9,18-20H,1H2,(H2,14,21)(H2,13,15,16)/t5-,6+,8+,9-/m0/s1. The van der Waals surface area contributed by atoms with Gasteiger partial charge in [0, 0.05) is 6.20 Å². The Labute approximate surface area is 118 Å². The second-order valence-electron chi connectivity index (χ2n) is 5.12. The van der Waals surface area contributed by atoms with Crippen molar-refractivity contribution >= 4 is 22.8 Å². The summed E-state index contributed by atoms with van der Waals surface area (Å²) in [7, 11) is 0. The van der Waals surface area contributed by atoms with E-state index in [-0.39, 0.29) is 17.8 Å². The number of carbonyl (C=O) groups excluding carboxylic acids is 1. The molecule has 0 aromatic carbocycles. The Hall–Kier alpha value is -2.23. The number of primary amides is 1. The predicted octanol–water partition coefficient (Wildman–Crippen LogP) is -1.86. The van der Waals surface area contributed by atoms with E-state index in [0.717, 1.165) is 0 Å². The summed E-state index contributed by atoms with van der Waals surface area (Å²) >= 11 is 0. The first-order valence-corrected chi connectivity index (χ1v) is 6.36. The van der Waals surface area contributed by atoms with Crippen LogP contribution in [0.25, 0.3) is 11.0 Å². The molecule has 1 aliphatic carbocycles. The topological polar surface area (TPSA) is 161 Å². The van der Waals surface area contributed by atoms with Gasteiger partial charge in [-0.3, -0.25) is 4.79 Å². The van der Waals surface area contributed by atoms with Crippen molar-refractivity contribution in [2.24, 2.45) is 5.73 Å². The number of rotatable bonds is 2. The van der Waals surface area contributed by atoms with Crippen LogP contribution in [0.5, 0.6) is 0 Å². The number of amides is 1. The first kappa shape index (κ1) is 13.7. The van der Waals surface area contributed by atoms with Crippen molar-refractivity contribution in [2.75, 3.05) is 5.73 Å². The lowest BCUT2D eigenvalue weighted by atomic mass is 10.2. The van der Waals surface area contributed by atoms with Gasteiger partial charge in [-0.15, -0.1) is 0 Å². The van der Waals surface area contributed by atoms with Crippen molar-refractivity contribution in [2.45, 2.75) is 30.8 Å². The Morgan fingerprint density at radius 1 is 1.29 bits per heavy atom. The van der Waals surface area contributed by atoms with Crippen LogP contribution < -0.4 is 11.5 Å². The summed E-state index contributed by atoms with van der Waals surface area (Å²) in [6, 6.07) is -0.639. The number of hydrogen-bond donors (Lipinski definition) is 5. The summed E-state index contributed by atoms with van der Waals surface area (Å²) in [5.74, 6) is -0.602. The quantitative estimate of drug-likeness (QED) is 0.434. The van der Waals surface area contributed by atoms with E-state index in [4.69, 9.17) is 11.5 Å². The highest BCUT2D eigenvalue weighted by molar-refractivity contribution is 6.08. The van der Waals surface area contributed by atoms with Gasteiger partial charge in [0.2, 0.25) is 0 Å². The molecule has 21 heavy (non-hydrogen) atoms. The first-order chi connectivity index (χ1) is 9.91. The van der Waals surface area contributed by atoms with Gasteiger partial charge in [-0.1, -0.05) is 0 Å². The number of aromatic nitrogens is 3. The molecule has 1 saturated carbocycles. The highest BCUT2D eigenvalue weighted by Gasteiger charge is 2.42. The Kier molecular flexibility index (Phi) is 3.04. The zero-order chi connectivity index (χ0) is 15.3. The Balaban J connectivity index is 2.20. The molecule has 2 heterocycles. The van der Waals surface area contributed by atoms with Crippen molar-refractivity contribution < 1.29 is 20.1 Å². The molecule has 1 aliphatic rings. The van der Waals surface area contributed by atoms with Crippen LogP contribution in [0.15, 0.2) is 12.5 Å². The fourth-order valence-electron chi connectivity index (χ4n) is 2.81. The average molecular weight is 293 g/mol. The van der Waals surface area contributed by atoms with Crippen LogP contribution >= 0.6 is 0 Å². The van der Waals surface area contributed by atoms with Gasteiger partial charge in [0.25, 0.3) is 5.91 Å². The van der Waals surface area contributed by atoms with Gasteiger partial charge < -0.3 is 31.4 Å². The number of nitrogens with two attached hydrogens (primary N) is 2. The Morgan fingerprint density at radius 3 is 2.57 bits per heavy atom. The molecule has 0 bridgehead atoms. The molecule has 1 fully saturated rings. The van der Waals surface area contributed by atoms with Gasteiger partial charge in [0.15, 0.2) is 0 Å². The highest BCUT2D eigenvalue weighted by Crippen LogP contribution is 2.35. The van der Waals surface area contributed by atoms with Crippen molar-refractivity contribution in [3.8, 4) is 0 Å². The monoisotopic (exact) mass is 293 g/mol. The molecule has 1 amide bonds. The van der Waals surface area contributed by atoms with Crippen LogP contribution in [0, 0.1) is 0 Å². The second-order valence-corrected chi connectivity index (χ2v) is 5.12. The number of fused-ring (bicyclic) bond motifs is 1. The second kappa shape index (κ2) is 4.65. The minimum Gasteiger partial charge on any atom is -0.390 e. The molecule has 0 spiro atoms. The molecular weight excluding hydrogens is 278 g/mol. The fraction of sp³-hybridized carbons (Fsp3) is 0.417. The normalized spacial score (nSPS) is 29.1. The average Bonchev–Trinajstić information content (AvgIpc) is 2.94. The third kappa shape index (κ3) is 1.94. The van der Waals surface area contributed by atoms with Gasteiger partial charge in [-0.05, 0) is 6.42 Å². The molecule has 4 atom stereocenters. The summed E-state index contributed by atoms with van der Waals surface area (Å²) in [5, 5.41) is 29.7. The third-order valence-electron chi connectivity index (χ3n) is 3.88. The lowest BCUT2D eigenvalue weighted by molar-refractivity contribution is -0.0244. The van der Waals surface area contributed by atoms with Crippen LogP contribution in [-0.2, 0) is 0 Å². The maximum atomic E-state index is 11.5. The number of aliphatic hydroxyl groups is 3. The van der Waals surface area contributed by atoms with Gasteiger partial charge >= 0.3 is 0 Å². The van der Waals surface area contributed by atoms with Crippen molar-refractivity contribution in [1.29, 1.82) is 0 Å². The summed E-state index contributed by atoms with van der Waals surface area (Å²) in [6.45, 7) is 0. The highest BCUT2D eigenvalue weighted by atomic mass is 16.4. The van der Waals surface area contributed by atoms with Crippen LogP contribution in [0.4, 0.5) is 5.82 Å². The Bertz CT molecular complexity index is 715. The zero-order valence-electron chi connectivity index (χ0n) is 10.9. The summed E-state index contributed by atoms with van der Waals surface area (Å²) < 4.78 is 1.50. The van der Waals surface area contributed by atoms with Crippen LogP contribution in [-0.4, -0.2) is 54.1 Å². The number of nitrogen functional groups attached to an aromatic ring is 1. The maximum absolute atomic E-state index is 11.5. The lowest BCUT2D eigenvalue weighted by Crippen LogP contribution is -2.31. The summed E-state index contributed by atoms with van der Waals surface area (Å²) in [5.41, 5.74) is 11.5. The molecule has 112 valence electrons. The molecule has 7 N–H and O–H groups in total. The first-order valence-electron chi connectivity index (χ1n) is 6.36. The van der Waals surface area contributed by atoms with Crippen molar-refractivity contribution in [3.05, 3.63) is 18.1 Å². The van der Waals surface area contributed by atoms with E-state index in [9.17, 15) is 20.1 Å². The van der Waals surface area contributed by atoms with Crippen LogP contribution in [0.2, 0.25) is 0 Å². The Morgan fingerprint density at radius 2 is 2.00 bits per heavy atom. The molecule has 0 saturated heterocycles. The molecular formula is C12H15N5O4. The van der Waals surface area contributed by atoms with E-state index < -0.39 is 30.3 Å². The molecule has 2 aromatic heterocycles. The zero-order valence-corrected chi connectivity index (χ0v) is 10.9. The van der Waals surface area contributed by atoms with Crippen LogP contribution in [0.3, 0.4) is 0 Å². The summed E-state index contributed by atoms with van der Waals surface area (Å²) in [4.78, 5) is 19.4. The fourth-order valence-corrected chi connectivity index (χ4v) is 2.81. The van der Waals surface area contributed by atoms with E-state index >= 15 is 0 Å². The molecule has 0 radical (unpaired) electrons. The van der Waals surface area contributed by atoms with E-state index in [0.29, 0.717) is 11.0 Å². The number of hydrogen-bond acceptors (Lipinski definition) is 7. The molecule has 9 heteroatoms. The lowest BCUT2D eigenvalue weighted by Gasteiger charge is -2.18. The maximum Gasteiger partial charge on any atom is 0.251 e. The van der Waals surface area contributed by atoms with Crippen molar-refractivity contribution in [3.63, 3.8) is 0 Å². The van der Waals surface area contributed by atoms with E-state index in [1.807, 2.05) is 0 Å². The largest absolute Gasteiger partial charge is 0.390 e. The van der Waals surface area contributed by atoms with E-state index in [1.54, 1.807) is 0 Å². The molecule has 9 nitrogen and oxygen atoms in total. The molecule has 0 unspecified atom stereocenters. The summed E-state index contributed by atoms with van der Waals surface area (Å²) in [6.07, 6.45) is -0.743. The van der Waals surface area contributed by atoms with Gasteiger partial charge in [0.05, 0.1) is 23.1 Å². The van der Waals surface area contributed by atoms with Gasteiger partial charge in [-0.25, -0.2) is 9.97 Å². The van der Waals surface area contributed by atoms with Crippen molar-refractivity contribution in [1.82, 2.24) is 14.5 Å². The smallest absolute Gasteiger partial charge is 0.251 e.